The van der Waals surface area contributed by atoms with E-state index in [-0.39, 0.29) is 12.5 Å². The fourth-order valence-corrected chi connectivity index (χ4v) is 2.39. The van der Waals surface area contributed by atoms with Crippen LogP contribution in [0.5, 0.6) is 0 Å². The van der Waals surface area contributed by atoms with Gasteiger partial charge in [-0.15, -0.1) is 0 Å². The van der Waals surface area contributed by atoms with Crippen molar-refractivity contribution in [3.8, 4) is 0 Å². The van der Waals surface area contributed by atoms with Gasteiger partial charge in [-0.1, -0.05) is 44.2 Å². The van der Waals surface area contributed by atoms with Crippen LogP contribution in [0.15, 0.2) is 30.3 Å². The number of imide groups is 1. The van der Waals surface area contributed by atoms with Crippen LogP contribution in [-0.2, 0) is 30.5 Å². The summed E-state index contributed by atoms with van der Waals surface area (Å²) in [6, 6.07) is 4.66. The second-order valence-electron chi connectivity index (χ2n) is 6.98. The predicted molar refractivity (Wildman–Crippen MR) is 106 cm³/mol. The maximum absolute atomic E-state index is 12.8. The third kappa shape index (κ3) is 7.28. The van der Waals surface area contributed by atoms with Gasteiger partial charge in [0.15, 0.2) is 0 Å². The van der Waals surface area contributed by atoms with Crippen molar-refractivity contribution < 1.29 is 33.8 Å². The van der Waals surface area contributed by atoms with Gasteiger partial charge in [0.2, 0.25) is 12.2 Å². The molecule has 0 aliphatic heterocycles. The normalized spacial score (nSPS) is 13.6. The molecule has 0 heterocycles. The van der Waals surface area contributed by atoms with E-state index in [1.54, 1.807) is 44.2 Å². The number of carbonyl (C=O) groups is 4. The highest BCUT2D eigenvalue weighted by atomic mass is 16.6. The largest absolute Gasteiger partial charge is 0.481 e. The number of aliphatic carboxylic acids is 1. The average Bonchev–Trinajstić information content (AvgIpc) is 2.71. The molecule has 0 saturated heterocycles. The summed E-state index contributed by atoms with van der Waals surface area (Å²) >= 11 is 0. The number of amides is 3. The fourth-order valence-electron chi connectivity index (χ4n) is 2.39. The van der Waals surface area contributed by atoms with Gasteiger partial charge in [-0.25, -0.2) is 9.69 Å². The summed E-state index contributed by atoms with van der Waals surface area (Å²) < 4.78 is 5.07. The number of nitrogens with two attached hydrogens (primary N) is 1. The van der Waals surface area contributed by atoms with Crippen molar-refractivity contribution >= 4 is 30.2 Å². The standard InChI is InChI=1S/C20H26N3O7/c1-12(2)17(21)18(27)22-13(3)19(28)23(15(10-24)9-16(25)26)20(29)30-11-14-7-5-4-6-8-14/h4-8,12-13,15,17H,9,11,21H2,1-3H3,(H,22,27)(H,25,26)/t13-,15-,17-/m0/s1. The predicted octanol–water partition coefficient (Wildman–Crippen LogP) is 0.593. The van der Waals surface area contributed by atoms with Crippen molar-refractivity contribution in [2.45, 2.75) is 51.9 Å². The molecule has 30 heavy (non-hydrogen) atoms. The number of nitrogens with zero attached hydrogens (tertiary/aromatic N) is 1. The summed E-state index contributed by atoms with van der Waals surface area (Å²) in [7, 11) is 0. The van der Waals surface area contributed by atoms with Gasteiger partial charge in [0, 0.05) is 0 Å². The maximum atomic E-state index is 12.8. The molecule has 3 atom stereocenters. The zero-order valence-corrected chi connectivity index (χ0v) is 17.0. The first kappa shape index (κ1) is 24.8. The number of hydrogen-bond donors (Lipinski definition) is 3. The molecule has 0 fully saturated rings. The summed E-state index contributed by atoms with van der Waals surface area (Å²) in [6.07, 6.45) is -0.710. The minimum Gasteiger partial charge on any atom is -0.481 e. The van der Waals surface area contributed by atoms with Crippen molar-refractivity contribution in [2.75, 3.05) is 0 Å². The summed E-state index contributed by atoms with van der Waals surface area (Å²) in [5.41, 5.74) is 6.36. The smallest absolute Gasteiger partial charge is 0.417 e. The number of ether oxygens (including phenoxy) is 1. The van der Waals surface area contributed by atoms with Gasteiger partial charge >= 0.3 is 12.1 Å². The third-order valence-electron chi connectivity index (χ3n) is 4.21. The number of benzene rings is 1. The zero-order chi connectivity index (χ0) is 22.8. The van der Waals surface area contributed by atoms with Crippen molar-refractivity contribution in [3.63, 3.8) is 0 Å². The average molecular weight is 420 g/mol. The molecule has 10 heteroatoms. The number of hydrogen-bond acceptors (Lipinski definition) is 7. The molecule has 3 amide bonds. The first-order valence-electron chi connectivity index (χ1n) is 9.27. The SMILES string of the molecule is CC(C)[C@H](N)C(=O)N[C@@H](C)C(=O)N(C(=O)OCc1ccccc1)[C@H]([C]=O)CC(=O)O. The Morgan fingerprint density at radius 1 is 1.17 bits per heavy atom. The quantitative estimate of drug-likeness (QED) is 0.496. The van der Waals surface area contributed by atoms with Crippen LogP contribution in [0.1, 0.15) is 32.8 Å². The van der Waals surface area contributed by atoms with Crippen LogP contribution >= 0.6 is 0 Å². The van der Waals surface area contributed by atoms with Gasteiger partial charge in [0.05, 0.1) is 12.5 Å². The van der Waals surface area contributed by atoms with Gasteiger partial charge < -0.3 is 20.9 Å². The number of carbonyl (C=O) groups excluding carboxylic acids is 4. The summed E-state index contributed by atoms with van der Waals surface area (Å²) in [5, 5.41) is 11.4. The highest BCUT2D eigenvalue weighted by Gasteiger charge is 2.36. The van der Waals surface area contributed by atoms with E-state index in [0.29, 0.717) is 10.5 Å². The summed E-state index contributed by atoms with van der Waals surface area (Å²) in [6.45, 7) is 4.51. The highest BCUT2D eigenvalue weighted by Crippen LogP contribution is 2.11. The molecule has 0 aliphatic rings. The number of carboxylic acid groups (broad SMARTS) is 1. The summed E-state index contributed by atoms with van der Waals surface area (Å²) in [4.78, 5) is 60.2. The molecular weight excluding hydrogens is 394 g/mol. The number of nitrogens with one attached hydrogen (secondary N) is 1. The van der Waals surface area contributed by atoms with Gasteiger partial charge in [-0.05, 0) is 18.4 Å². The molecular formula is C20H26N3O7. The van der Waals surface area contributed by atoms with Gasteiger partial charge in [0.25, 0.3) is 5.91 Å². The van der Waals surface area contributed by atoms with E-state index < -0.39 is 48.4 Å². The Bertz CT molecular complexity index is 767. The van der Waals surface area contributed by atoms with Crippen molar-refractivity contribution in [3.05, 3.63) is 35.9 Å². The maximum Gasteiger partial charge on any atom is 0.417 e. The zero-order valence-electron chi connectivity index (χ0n) is 17.0. The molecule has 1 aromatic rings. The molecule has 1 radical (unpaired) electrons. The lowest BCUT2D eigenvalue weighted by Gasteiger charge is -2.28. The first-order valence-corrected chi connectivity index (χ1v) is 9.27. The van der Waals surface area contributed by atoms with Crippen molar-refractivity contribution in [1.29, 1.82) is 0 Å². The molecule has 10 nitrogen and oxygen atoms in total. The second-order valence-corrected chi connectivity index (χ2v) is 6.98. The van der Waals surface area contributed by atoms with Crippen LogP contribution in [0.3, 0.4) is 0 Å². The minimum absolute atomic E-state index is 0.206. The van der Waals surface area contributed by atoms with Gasteiger partial charge in [-0.2, -0.15) is 0 Å². The molecule has 0 saturated carbocycles. The fraction of sp³-hybridized carbons (Fsp3) is 0.450. The Labute approximate surface area is 174 Å². The Balaban J connectivity index is 3.01. The number of carboxylic acids is 1. The lowest BCUT2D eigenvalue weighted by molar-refractivity contribution is -0.140. The van der Waals surface area contributed by atoms with Crippen LogP contribution in [-0.4, -0.2) is 58.3 Å². The van der Waals surface area contributed by atoms with Crippen LogP contribution < -0.4 is 11.1 Å². The van der Waals surface area contributed by atoms with E-state index in [4.69, 9.17) is 15.6 Å². The Hall–Kier alpha value is -3.27. The van der Waals surface area contributed by atoms with E-state index in [0.717, 1.165) is 0 Å². The van der Waals surface area contributed by atoms with Crippen molar-refractivity contribution in [2.24, 2.45) is 11.7 Å². The second kappa shape index (κ2) is 11.7. The molecule has 163 valence electrons. The summed E-state index contributed by atoms with van der Waals surface area (Å²) in [5.74, 6) is -3.28. The van der Waals surface area contributed by atoms with E-state index in [1.165, 1.54) is 13.2 Å². The first-order chi connectivity index (χ1) is 14.1. The third-order valence-corrected chi connectivity index (χ3v) is 4.21. The van der Waals surface area contributed by atoms with Crippen LogP contribution in [0.4, 0.5) is 4.79 Å². The topological polar surface area (TPSA) is 156 Å². The van der Waals surface area contributed by atoms with Gasteiger partial charge in [-0.3, -0.25) is 19.2 Å². The molecule has 4 N–H and O–H groups in total. The Kier molecular flexibility index (Phi) is 9.63. The highest BCUT2D eigenvalue weighted by molar-refractivity contribution is 6.00. The van der Waals surface area contributed by atoms with E-state index in [2.05, 4.69) is 5.32 Å². The molecule has 1 rings (SSSR count). The molecule has 0 unspecified atom stereocenters. The minimum atomic E-state index is -1.73. The molecule has 1 aromatic carbocycles. The molecule has 0 aliphatic carbocycles. The van der Waals surface area contributed by atoms with Crippen LogP contribution in [0, 0.1) is 5.92 Å². The lowest BCUT2D eigenvalue weighted by atomic mass is 10.0. The van der Waals surface area contributed by atoms with Gasteiger partial charge in [0.1, 0.15) is 18.7 Å². The van der Waals surface area contributed by atoms with Crippen LogP contribution in [0.25, 0.3) is 0 Å². The molecule has 0 spiro atoms. The van der Waals surface area contributed by atoms with E-state index in [9.17, 15) is 24.0 Å². The Morgan fingerprint density at radius 2 is 1.77 bits per heavy atom. The molecule has 0 bridgehead atoms. The lowest BCUT2D eigenvalue weighted by Crippen LogP contribution is -2.56. The number of rotatable bonds is 10. The van der Waals surface area contributed by atoms with Crippen molar-refractivity contribution in [1.82, 2.24) is 10.2 Å². The van der Waals surface area contributed by atoms with Crippen LogP contribution in [0.2, 0.25) is 0 Å². The Morgan fingerprint density at radius 3 is 2.27 bits per heavy atom. The molecule has 0 aromatic heterocycles. The van der Waals surface area contributed by atoms with E-state index in [1.807, 2.05) is 0 Å². The van der Waals surface area contributed by atoms with E-state index >= 15 is 0 Å². The monoisotopic (exact) mass is 420 g/mol.